The number of benzene rings is 1. The summed E-state index contributed by atoms with van der Waals surface area (Å²) in [6.45, 7) is 2.53. The molecule has 26 heavy (non-hydrogen) atoms. The fourth-order valence-electron chi connectivity index (χ4n) is 3.40. The van der Waals surface area contributed by atoms with Gasteiger partial charge in [0.2, 0.25) is 0 Å². The minimum Gasteiger partial charge on any atom is -0.481 e. The van der Waals surface area contributed by atoms with Gasteiger partial charge < -0.3 is 9.64 Å². The van der Waals surface area contributed by atoms with Crippen LogP contribution in [0.1, 0.15) is 49.8 Å². The fraction of sp³-hybridized carbons (Fsp3) is 0.381. The number of ether oxygens (including phenoxy) is 1. The maximum absolute atomic E-state index is 13.1. The lowest BCUT2D eigenvalue weighted by molar-refractivity contribution is -0.140. The monoisotopic (exact) mass is 349 g/mol. The lowest BCUT2D eigenvalue weighted by atomic mass is 10.0. The summed E-state index contributed by atoms with van der Waals surface area (Å²) >= 11 is 0. The van der Waals surface area contributed by atoms with Gasteiger partial charge in [-0.05, 0) is 61.7 Å². The van der Waals surface area contributed by atoms with Gasteiger partial charge in [0.05, 0.1) is 17.7 Å². The van der Waals surface area contributed by atoms with Crippen molar-refractivity contribution in [3.8, 4) is 11.8 Å². The summed E-state index contributed by atoms with van der Waals surface area (Å²) in [7, 11) is 0. The van der Waals surface area contributed by atoms with Gasteiger partial charge in [-0.3, -0.25) is 9.78 Å². The molecule has 0 N–H and O–H groups in total. The molecule has 3 rings (SSSR count). The molecule has 1 aliphatic heterocycles. The summed E-state index contributed by atoms with van der Waals surface area (Å²) in [5, 5.41) is 8.88. The van der Waals surface area contributed by atoms with Crippen molar-refractivity contribution < 1.29 is 9.53 Å². The summed E-state index contributed by atoms with van der Waals surface area (Å²) in [4.78, 5) is 19.1. The molecule has 1 amide bonds. The summed E-state index contributed by atoms with van der Waals surface area (Å²) in [6, 6.07) is 13.0. The molecule has 0 aliphatic carbocycles. The quantitative estimate of drug-likeness (QED) is 0.840. The molecule has 5 nitrogen and oxygen atoms in total. The Morgan fingerprint density at radius 2 is 1.92 bits per heavy atom. The van der Waals surface area contributed by atoms with Crippen molar-refractivity contribution >= 4 is 5.91 Å². The highest BCUT2D eigenvalue weighted by atomic mass is 16.5. The second-order valence-electron chi connectivity index (χ2n) is 6.57. The number of carbonyl (C=O) groups is 1. The molecule has 0 unspecified atom stereocenters. The highest BCUT2D eigenvalue weighted by Crippen LogP contribution is 2.30. The number of amides is 1. The minimum atomic E-state index is -0.578. The Hall–Kier alpha value is -2.87. The first-order chi connectivity index (χ1) is 12.7. The highest BCUT2D eigenvalue weighted by molar-refractivity contribution is 5.81. The van der Waals surface area contributed by atoms with Gasteiger partial charge >= 0.3 is 0 Å². The Morgan fingerprint density at radius 1 is 1.19 bits per heavy atom. The molecule has 2 atom stereocenters. The molecule has 134 valence electrons. The van der Waals surface area contributed by atoms with Crippen molar-refractivity contribution in [2.75, 3.05) is 6.54 Å². The van der Waals surface area contributed by atoms with Crippen LogP contribution in [0.15, 0.2) is 48.8 Å². The molecule has 1 aromatic heterocycles. The topological polar surface area (TPSA) is 66.2 Å². The Kier molecular flexibility index (Phi) is 5.85. The third-order valence-corrected chi connectivity index (χ3v) is 4.77. The number of rotatable bonds is 4. The van der Waals surface area contributed by atoms with Crippen LogP contribution >= 0.6 is 0 Å². The second-order valence-corrected chi connectivity index (χ2v) is 6.57. The molecule has 5 heteroatoms. The van der Waals surface area contributed by atoms with E-state index in [1.54, 1.807) is 43.6 Å². The van der Waals surface area contributed by atoms with Crippen LogP contribution in [0.2, 0.25) is 0 Å². The van der Waals surface area contributed by atoms with Crippen LogP contribution in [0, 0.1) is 11.3 Å². The number of carbonyl (C=O) groups excluding carboxylic acids is 1. The van der Waals surface area contributed by atoms with Crippen molar-refractivity contribution in [2.45, 2.75) is 44.8 Å². The van der Waals surface area contributed by atoms with E-state index in [4.69, 9.17) is 10.00 Å². The summed E-state index contributed by atoms with van der Waals surface area (Å²) < 4.78 is 5.84. The molecule has 1 aliphatic rings. The predicted molar refractivity (Wildman–Crippen MR) is 98.4 cm³/mol. The van der Waals surface area contributed by atoms with Gasteiger partial charge in [-0.15, -0.1) is 0 Å². The van der Waals surface area contributed by atoms with Crippen molar-refractivity contribution in [1.82, 2.24) is 9.88 Å². The zero-order valence-corrected chi connectivity index (χ0v) is 15.0. The standard InChI is InChI=1S/C21H23N3O2/c1-16(26-19-8-6-17(15-22)7-9-19)21(25)24-14-4-2-3-5-20(24)18-10-12-23-13-11-18/h6-13,16,20H,2-5,14H2,1H3/t16-,20+/m1/s1. The van der Waals surface area contributed by atoms with E-state index in [2.05, 4.69) is 11.1 Å². The smallest absolute Gasteiger partial charge is 0.263 e. The summed E-state index contributed by atoms with van der Waals surface area (Å²) in [6.07, 6.45) is 7.19. The van der Waals surface area contributed by atoms with Crippen LogP contribution in [0.25, 0.3) is 0 Å². The zero-order valence-electron chi connectivity index (χ0n) is 15.0. The Balaban J connectivity index is 1.75. The Labute approximate surface area is 154 Å². The lowest BCUT2D eigenvalue weighted by Gasteiger charge is -2.32. The number of nitrogens with zero attached hydrogens (tertiary/aromatic N) is 3. The van der Waals surface area contributed by atoms with E-state index in [-0.39, 0.29) is 11.9 Å². The fourth-order valence-corrected chi connectivity index (χ4v) is 3.40. The Morgan fingerprint density at radius 3 is 2.62 bits per heavy atom. The van der Waals surface area contributed by atoms with Gasteiger partial charge in [-0.2, -0.15) is 5.26 Å². The van der Waals surface area contributed by atoms with E-state index in [1.165, 1.54) is 0 Å². The molecule has 0 radical (unpaired) electrons. The first-order valence-electron chi connectivity index (χ1n) is 9.06. The van der Waals surface area contributed by atoms with Crippen LogP contribution in [0.3, 0.4) is 0 Å². The number of pyridine rings is 1. The van der Waals surface area contributed by atoms with Gasteiger partial charge in [0, 0.05) is 18.9 Å². The van der Waals surface area contributed by atoms with E-state index in [1.807, 2.05) is 17.0 Å². The van der Waals surface area contributed by atoms with Crippen molar-refractivity contribution in [2.24, 2.45) is 0 Å². The molecule has 2 heterocycles. The summed E-state index contributed by atoms with van der Waals surface area (Å²) in [5.41, 5.74) is 1.70. The minimum absolute atomic E-state index is 0.00179. The number of hydrogen-bond acceptors (Lipinski definition) is 4. The predicted octanol–water partition coefficient (Wildman–Crippen LogP) is 3.86. The molecule has 1 fully saturated rings. The van der Waals surface area contributed by atoms with E-state index in [0.717, 1.165) is 37.8 Å². The third kappa shape index (κ3) is 4.20. The van der Waals surface area contributed by atoms with Gasteiger partial charge in [-0.1, -0.05) is 12.8 Å². The van der Waals surface area contributed by atoms with Crippen LogP contribution in [-0.4, -0.2) is 28.4 Å². The van der Waals surface area contributed by atoms with Gasteiger partial charge in [-0.25, -0.2) is 0 Å². The van der Waals surface area contributed by atoms with E-state index in [0.29, 0.717) is 11.3 Å². The van der Waals surface area contributed by atoms with Gasteiger partial charge in [0.25, 0.3) is 5.91 Å². The SMILES string of the molecule is C[C@@H](Oc1ccc(C#N)cc1)C(=O)N1CCCCC[C@H]1c1ccncc1. The van der Waals surface area contributed by atoms with Crippen molar-refractivity contribution in [3.05, 3.63) is 59.9 Å². The molecule has 2 aromatic rings. The van der Waals surface area contributed by atoms with Gasteiger partial charge in [0.1, 0.15) is 5.75 Å². The van der Waals surface area contributed by atoms with Crippen molar-refractivity contribution in [3.63, 3.8) is 0 Å². The molecule has 0 spiro atoms. The van der Waals surface area contributed by atoms with Crippen LogP contribution < -0.4 is 4.74 Å². The molecule has 1 saturated heterocycles. The normalized spacial score (nSPS) is 18.5. The molecule has 0 bridgehead atoms. The second kappa shape index (κ2) is 8.48. The zero-order chi connectivity index (χ0) is 18.4. The first-order valence-corrected chi connectivity index (χ1v) is 9.06. The largest absolute Gasteiger partial charge is 0.481 e. The average molecular weight is 349 g/mol. The number of aromatic nitrogens is 1. The van der Waals surface area contributed by atoms with Crippen LogP contribution in [-0.2, 0) is 4.79 Å². The summed E-state index contributed by atoms with van der Waals surface area (Å²) in [5.74, 6) is 0.596. The van der Waals surface area contributed by atoms with Crippen molar-refractivity contribution in [1.29, 1.82) is 5.26 Å². The average Bonchev–Trinajstić information content (AvgIpc) is 2.94. The van der Waals surface area contributed by atoms with Crippen LogP contribution in [0.4, 0.5) is 0 Å². The van der Waals surface area contributed by atoms with E-state index < -0.39 is 6.10 Å². The van der Waals surface area contributed by atoms with E-state index >= 15 is 0 Å². The number of likely N-dealkylation sites (tertiary alicyclic amines) is 1. The maximum atomic E-state index is 13.1. The first kappa shape index (κ1) is 17.9. The molecular formula is C21H23N3O2. The Bertz CT molecular complexity index is 768. The number of hydrogen-bond donors (Lipinski definition) is 0. The molecular weight excluding hydrogens is 326 g/mol. The molecule has 1 aromatic carbocycles. The maximum Gasteiger partial charge on any atom is 0.263 e. The lowest BCUT2D eigenvalue weighted by Crippen LogP contribution is -2.42. The van der Waals surface area contributed by atoms with E-state index in [9.17, 15) is 4.79 Å². The highest BCUT2D eigenvalue weighted by Gasteiger charge is 2.30. The molecule has 0 saturated carbocycles. The number of nitriles is 1. The third-order valence-electron chi connectivity index (χ3n) is 4.77. The van der Waals surface area contributed by atoms with Gasteiger partial charge in [0.15, 0.2) is 6.10 Å². The van der Waals surface area contributed by atoms with Crippen LogP contribution in [0.5, 0.6) is 5.75 Å².